The summed E-state index contributed by atoms with van der Waals surface area (Å²) in [6, 6.07) is 8.92. The number of nitrogens with zero attached hydrogens (tertiary/aromatic N) is 2. The molecule has 1 aliphatic heterocycles. The third-order valence-corrected chi connectivity index (χ3v) is 4.45. The van der Waals surface area contributed by atoms with Crippen LogP contribution in [0.3, 0.4) is 0 Å². The van der Waals surface area contributed by atoms with Crippen LogP contribution in [-0.4, -0.2) is 34.1 Å². The molecule has 138 valence electrons. The minimum atomic E-state index is -0.769. The highest BCUT2D eigenvalue weighted by Crippen LogP contribution is 2.30. The molecule has 0 saturated heterocycles. The number of halogens is 1. The smallest absolute Gasteiger partial charge is 0.282 e. The van der Waals surface area contributed by atoms with E-state index in [0.717, 1.165) is 10.5 Å². The number of anilines is 1. The first-order chi connectivity index (χ1) is 12.8. The Morgan fingerprint density at radius 2 is 1.96 bits per heavy atom. The van der Waals surface area contributed by atoms with Gasteiger partial charge in [-0.05, 0) is 30.7 Å². The van der Waals surface area contributed by atoms with Crippen LogP contribution >= 0.6 is 11.6 Å². The van der Waals surface area contributed by atoms with Crippen molar-refractivity contribution in [2.24, 2.45) is 0 Å². The summed E-state index contributed by atoms with van der Waals surface area (Å²) in [6.45, 7) is 1.62. The van der Waals surface area contributed by atoms with E-state index in [-0.39, 0.29) is 24.1 Å². The Bertz CT molecular complexity index is 989. The Morgan fingerprint density at radius 1 is 1.22 bits per heavy atom. The molecule has 0 aliphatic carbocycles. The van der Waals surface area contributed by atoms with Crippen molar-refractivity contribution < 1.29 is 19.3 Å². The van der Waals surface area contributed by atoms with E-state index in [9.17, 15) is 24.5 Å². The summed E-state index contributed by atoms with van der Waals surface area (Å²) in [7, 11) is 0. The van der Waals surface area contributed by atoms with Gasteiger partial charge in [-0.3, -0.25) is 29.4 Å². The Hall–Kier alpha value is -3.26. The van der Waals surface area contributed by atoms with Gasteiger partial charge in [0.1, 0.15) is 5.56 Å². The number of hydrogen-bond donors (Lipinski definition) is 1. The largest absolute Gasteiger partial charge is 0.326 e. The molecule has 27 heavy (non-hydrogen) atoms. The van der Waals surface area contributed by atoms with E-state index in [1.807, 2.05) is 0 Å². The molecule has 0 fully saturated rings. The summed E-state index contributed by atoms with van der Waals surface area (Å²) in [5.74, 6) is -1.83. The van der Waals surface area contributed by atoms with E-state index in [1.54, 1.807) is 25.1 Å². The van der Waals surface area contributed by atoms with Gasteiger partial charge in [0, 0.05) is 29.7 Å². The number of benzene rings is 2. The zero-order valence-electron chi connectivity index (χ0n) is 14.2. The number of nitrogens with one attached hydrogen (secondary N) is 1. The summed E-state index contributed by atoms with van der Waals surface area (Å²) < 4.78 is 0. The van der Waals surface area contributed by atoms with Crippen LogP contribution in [0.15, 0.2) is 36.4 Å². The van der Waals surface area contributed by atoms with Crippen molar-refractivity contribution in [3.8, 4) is 0 Å². The van der Waals surface area contributed by atoms with Gasteiger partial charge in [0.05, 0.1) is 10.5 Å². The van der Waals surface area contributed by atoms with Crippen molar-refractivity contribution in [3.63, 3.8) is 0 Å². The molecule has 0 radical (unpaired) electrons. The van der Waals surface area contributed by atoms with Crippen molar-refractivity contribution in [3.05, 3.63) is 68.2 Å². The molecule has 2 aromatic carbocycles. The fourth-order valence-corrected chi connectivity index (χ4v) is 3.00. The van der Waals surface area contributed by atoms with Crippen molar-refractivity contribution >= 4 is 40.7 Å². The molecule has 2 aromatic rings. The van der Waals surface area contributed by atoms with E-state index in [1.165, 1.54) is 18.2 Å². The Kier molecular flexibility index (Phi) is 4.91. The normalized spacial score (nSPS) is 12.9. The lowest BCUT2D eigenvalue weighted by molar-refractivity contribution is -0.385. The topological polar surface area (TPSA) is 110 Å². The molecule has 1 N–H and O–H groups in total. The quantitative estimate of drug-likeness (QED) is 0.481. The first-order valence-electron chi connectivity index (χ1n) is 7.99. The predicted molar refractivity (Wildman–Crippen MR) is 97.9 cm³/mol. The Morgan fingerprint density at radius 3 is 2.67 bits per heavy atom. The van der Waals surface area contributed by atoms with E-state index in [0.29, 0.717) is 10.7 Å². The maximum atomic E-state index is 12.5. The number of nitro groups is 1. The van der Waals surface area contributed by atoms with Gasteiger partial charge in [0.2, 0.25) is 5.91 Å². The van der Waals surface area contributed by atoms with Crippen molar-refractivity contribution in [2.75, 3.05) is 11.9 Å². The second kappa shape index (κ2) is 7.16. The van der Waals surface area contributed by atoms with Crippen LogP contribution in [0.1, 0.15) is 32.7 Å². The van der Waals surface area contributed by atoms with Gasteiger partial charge in [-0.15, -0.1) is 0 Å². The van der Waals surface area contributed by atoms with Gasteiger partial charge in [-0.2, -0.15) is 0 Å². The fourth-order valence-electron chi connectivity index (χ4n) is 2.83. The van der Waals surface area contributed by atoms with Gasteiger partial charge >= 0.3 is 0 Å². The molecular weight excluding hydrogens is 374 g/mol. The highest BCUT2D eigenvalue weighted by Gasteiger charge is 2.40. The summed E-state index contributed by atoms with van der Waals surface area (Å²) in [5.41, 5.74) is 0.654. The molecule has 3 amide bonds. The number of carbonyl (C=O) groups excluding carboxylic acids is 3. The van der Waals surface area contributed by atoms with Crippen LogP contribution < -0.4 is 5.32 Å². The fraction of sp³-hybridized carbons (Fsp3) is 0.167. The second-order valence-electron chi connectivity index (χ2n) is 5.98. The monoisotopic (exact) mass is 387 g/mol. The number of hydrogen-bond acceptors (Lipinski definition) is 5. The number of amides is 3. The van der Waals surface area contributed by atoms with Gasteiger partial charge in [-0.25, -0.2) is 0 Å². The molecule has 0 spiro atoms. The molecule has 1 heterocycles. The molecular formula is C18H14ClN3O5. The van der Waals surface area contributed by atoms with E-state index in [2.05, 4.69) is 5.32 Å². The van der Waals surface area contributed by atoms with Crippen LogP contribution in [0.5, 0.6) is 0 Å². The minimum absolute atomic E-state index is 0.0275. The second-order valence-corrected chi connectivity index (χ2v) is 6.41. The third-order valence-electron chi connectivity index (χ3n) is 4.21. The van der Waals surface area contributed by atoms with Gasteiger partial charge in [0.15, 0.2) is 0 Å². The van der Waals surface area contributed by atoms with Gasteiger partial charge in [-0.1, -0.05) is 23.7 Å². The number of aryl methyl sites for hydroxylation is 1. The van der Waals surface area contributed by atoms with Gasteiger partial charge in [0.25, 0.3) is 17.5 Å². The Balaban J connectivity index is 1.72. The lowest BCUT2D eigenvalue weighted by atomic mass is 10.1. The molecule has 9 heteroatoms. The number of imide groups is 1. The molecule has 1 aliphatic rings. The molecule has 8 nitrogen and oxygen atoms in total. The first kappa shape index (κ1) is 18.5. The number of nitro benzene ring substituents is 1. The van der Waals surface area contributed by atoms with Crippen molar-refractivity contribution in [1.82, 2.24) is 4.90 Å². The summed E-state index contributed by atoms with van der Waals surface area (Å²) >= 11 is 5.91. The molecule has 0 unspecified atom stereocenters. The highest BCUT2D eigenvalue weighted by molar-refractivity contribution is 6.31. The van der Waals surface area contributed by atoms with Crippen LogP contribution in [-0.2, 0) is 4.79 Å². The minimum Gasteiger partial charge on any atom is -0.326 e. The molecule has 0 aromatic heterocycles. The summed E-state index contributed by atoms with van der Waals surface area (Å²) in [6.07, 6.45) is -0.148. The predicted octanol–water partition coefficient (Wildman–Crippen LogP) is 3.18. The van der Waals surface area contributed by atoms with Crippen LogP contribution in [0, 0.1) is 17.0 Å². The van der Waals surface area contributed by atoms with E-state index in [4.69, 9.17) is 11.6 Å². The van der Waals surface area contributed by atoms with Crippen LogP contribution in [0.2, 0.25) is 5.02 Å². The number of fused-ring (bicyclic) bond motifs is 1. The zero-order valence-corrected chi connectivity index (χ0v) is 14.9. The number of carbonyl (C=O) groups is 3. The van der Waals surface area contributed by atoms with Crippen molar-refractivity contribution in [2.45, 2.75) is 13.3 Å². The molecule has 0 saturated carbocycles. The lowest BCUT2D eigenvalue weighted by Crippen LogP contribution is -2.33. The van der Waals surface area contributed by atoms with E-state index >= 15 is 0 Å². The average molecular weight is 388 g/mol. The maximum Gasteiger partial charge on any atom is 0.282 e. The van der Waals surface area contributed by atoms with Crippen LogP contribution in [0.4, 0.5) is 11.4 Å². The Labute approximate surface area is 158 Å². The van der Waals surface area contributed by atoms with Gasteiger partial charge < -0.3 is 5.32 Å². The van der Waals surface area contributed by atoms with E-state index < -0.39 is 28.3 Å². The molecule has 0 bridgehead atoms. The highest BCUT2D eigenvalue weighted by atomic mass is 35.5. The standard InChI is InChI=1S/C18H14ClN3O5/c1-10-5-6-11(19)9-13(10)20-15(23)7-8-21-17(24)12-3-2-4-14(22(26)27)16(12)18(21)25/h2-6,9H,7-8H2,1H3,(H,20,23). The summed E-state index contributed by atoms with van der Waals surface area (Å²) in [5, 5.41) is 14.2. The summed E-state index contributed by atoms with van der Waals surface area (Å²) in [4.78, 5) is 48.3. The number of rotatable bonds is 5. The van der Waals surface area contributed by atoms with Crippen LogP contribution in [0.25, 0.3) is 0 Å². The van der Waals surface area contributed by atoms with Crippen molar-refractivity contribution in [1.29, 1.82) is 0 Å². The molecule has 0 atom stereocenters. The average Bonchev–Trinajstić information content (AvgIpc) is 2.87. The lowest BCUT2D eigenvalue weighted by Gasteiger charge is -2.14. The molecule has 3 rings (SSSR count). The zero-order chi connectivity index (χ0) is 19.7. The third kappa shape index (κ3) is 3.52. The first-order valence-corrected chi connectivity index (χ1v) is 8.37. The maximum absolute atomic E-state index is 12.5. The SMILES string of the molecule is Cc1ccc(Cl)cc1NC(=O)CCN1C(=O)c2cccc([N+](=O)[O-])c2C1=O.